The van der Waals surface area contributed by atoms with Gasteiger partial charge in [-0.1, -0.05) is 38.2 Å². The Labute approximate surface area is 102 Å². The molecule has 2 heteroatoms. The minimum atomic E-state index is -1.20. The largest absolute Gasteiger partial charge is 0.300 e. The maximum Gasteiger partial charge on any atom is 0.130 e. The van der Waals surface area contributed by atoms with Crippen molar-refractivity contribution in [2.24, 2.45) is 5.92 Å². The molecule has 0 radical (unpaired) electrons. The predicted octanol–water partition coefficient (Wildman–Crippen LogP) is 4.67. The van der Waals surface area contributed by atoms with Crippen LogP contribution in [0, 0.1) is 5.92 Å². The van der Waals surface area contributed by atoms with Gasteiger partial charge in [0.2, 0.25) is 0 Å². The number of hydrogen-bond donors (Lipinski definition) is 0. The minimum absolute atomic E-state index is 0.476. The normalized spacial score (nSPS) is 13.4. The van der Waals surface area contributed by atoms with Crippen LogP contribution in [0.25, 0.3) is 0 Å². The molecule has 0 aliphatic heterocycles. The Morgan fingerprint density at radius 3 is 2.25 bits per heavy atom. The minimum Gasteiger partial charge on any atom is -0.300 e. The summed E-state index contributed by atoms with van der Waals surface area (Å²) >= 11 is 0. The van der Waals surface area contributed by atoms with Crippen LogP contribution in [0.3, 0.4) is 0 Å². The zero-order chi connectivity index (χ0) is 12.8. The molecule has 0 heterocycles. The van der Waals surface area contributed by atoms with Gasteiger partial charge in [0.1, 0.15) is 5.78 Å². The third-order valence-electron chi connectivity index (χ3n) is 2.52. The summed E-state index contributed by atoms with van der Waals surface area (Å²) in [6.45, 7) is 13.2. The quantitative estimate of drug-likeness (QED) is 0.467. The Hall–Kier alpha value is -0.373. The summed E-state index contributed by atoms with van der Waals surface area (Å²) in [7, 11) is -1.20. The van der Waals surface area contributed by atoms with E-state index in [0.29, 0.717) is 11.7 Å². The molecule has 0 fully saturated rings. The number of Topliss-reactive ketones (excluding diaryl/α,β-unsaturated/α-hetero) is 1. The lowest BCUT2D eigenvalue weighted by Gasteiger charge is -2.16. The van der Waals surface area contributed by atoms with Gasteiger partial charge in [0.15, 0.2) is 0 Å². The highest BCUT2D eigenvalue weighted by atomic mass is 28.3. The van der Waals surface area contributed by atoms with Crippen LogP contribution in [0.15, 0.2) is 11.6 Å². The zero-order valence-corrected chi connectivity index (χ0v) is 12.9. The van der Waals surface area contributed by atoms with Crippen LogP contribution in [0.2, 0.25) is 25.7 Å². The van der Waals surface area contributed by atoms with Crippen LogP contribution in [0.5, 0.6) is 0 Å². The molecule has 16 heavy (non-hydrogen) atoms. The molecule has 0 saturated heterocycles. The van der Waals surface area contributed by atoms with Crippen LogP contribution >= 0.6 is 0 Å². The van der Waals surface area contributed by atoms with Crippen molar-refractivity contribution in [2.45, 2.75) is 65.7 Å². The molecular weight excluding hydrogens is 212 g/mol. The average Bonchev–Trinajstić information content (AvgIpc) is 1.98. The molecule has 0 bridgehead atoms. The van der Waals surface area contributed by atoms with E-state index in [2.05, 4.69) is 46.5 Å². The summed E-state index contributed by atoms with van der Waals surface area (Å²) in [4.78, 5) is 11.8. The van der Waals surface area contributed by atoms with Crippen molar-refractivity contribution in [2.75, 3.05) is 0 Å². The van der Waals surface area contributed by atoms with Gasteiger partial charge in [0, 0.05) is 12.5 Å². The Morgan fingerprint density at radius 1 is 1.25 bits per heavy atom. The van der Waals surface area contributed by atoms with E-state index in [1.54, 1.807) is 0 Å². The summed E-state index contributed by atoms with van der Waals surface area (Å²) in [5.74, 6) is 1.02. The highest BCUT2D eigenvalue weighted by molar-refractivity contribution is 6.78. The maximum atomic E-state index is 11.8. The highest BCUT2D eigenvalue weighted by Gasteiger charge is 2.19. The third kappa shape index (κ3) is 10.2. The maximum absolute atomic E-state index is 11.8. The summed E-state index contributed by atoms with van der Waals surface area (Å²) in [5, 5.41) is 0. The highest BCUT2D eigenvalue weighted by Crippen LogP contribution is 2.17. The summed E-state index contributed by atoms with van der Waals surface area (Å²) in [5.41, 5.74) is 1.38. The van der Waals surface area contributed by atoms with E-state index in [1.807, 2.05) is 0 Å². The van der Waals surface area contributed by atoms with Crippen molar-refractivity contribution < 1.29 is 4.79 Å². The number of hydrogen-bond acceptors (Lipinski definition) is 1. The molecular formula is C14H28OSi. The number of allylic oxidation sites excluding steroid dienone is 2. The van der Waals surface area contributed by atoms with Crippen molar-refractivity contribution in [1.29, 1.82) is 0 Å². The first-order chi connectivity index (χ1) is 7.20. The van der Waals surface area contributed by atoms with Crippen LogP contribution in [0.4, 0.5) is 0 Å². The molecule has 0 amide bonds. The second-order valence-corrected chi connectivity index (χ2v) is 11.9. The first-order valence-electron chi connectivity index (χ1n) is 6.36. The van der Waals surface area contributed by atoms with Gasteiger partial charge in [-0.25, -0.2) is 0 Å². The first-order valence-corrected chi connectivity index (χ1v) is 10.1. The monoisotopic (exact) mass is 240 g/mol. The Morgan fingerprint density at radius 2 is 1.81 bits per heavy atom. The van der Waals surface area contributed by atoms with Crippen LogP contribution in [0.1, 0.15) is 40.0 Å². The number of carbonyl (C=O) groups excluding carboxylic acids is 1. The molecule has 0 rings (SSSR count). The topological polar surface area (TPSA) is 17.1 Å². The van der Waals surface area contributed by atoms with Gasteiger partial charge >= 0.3 is 0 Å². The summed E-state index contributed by atoms with van der Waals surface area (Å²) < 4.78 is 0. The van der Waals surface area contributed by atoms with Crippen molar-refractivity contribution in [3.05, 3.63) is 11.6 Å². The fourth-order valence-corrected chi connectivity index (χ4v) is 3.14. The van der Waals surface area contributed by atoms with E-state index in [1.165, 1.54) is 5.57 Å². The van der Waals surface area contributed by atoms with Gasteiger partial charge in [-0.3, -0.25) is 0 Å². The number of ketones is 1. The second-order valence-electron chi connectivity index (χ2n) is 6.44. The standard InChI is InChI=1S/C14H28OSi/c1-12(2)8-7-9-13(3)10-14(15)11-16(4,5)6/h8,13H,7,9-11H2,1-6H3. The fourth-order valence-electron chi connectivity index (χ4n) is 1.81. The molecule has 0 aromatic rings. The van der Waals surface area contributed by atoms with Gasteiger partial charge in [0.05, 0.1) is 8.07 Å². The van der Waals surface area contributed by atoms with Crippen LogP contribution in [-0.2, 0) is 4.79 Å². The Kier molecular flexibility index (Phi) is 6.89. The van der Waals surface area contributed by atoms with E-state index in [9.17, 15) is 4.79 Å². The third-order valence-corrected chi connectivity index (χ3v) is 3.97. The van der Waals surface area contributed by atoms with E-state index in [4.69, 9.17) is 0 Å². The van der Waals surface area contributed by atoms with Crippen molar-refractivity contribution in [1.82, 2.24) is 0 Å². The molecule has 1 atom stereocenters. The molecule has 1 nitrogen and oxygen atoms in total. The van der Waals surface area contributed by atoms with Crippen molar-refractivity contribution in [3.8, 4) is 0 Å². The molecule has 94 valence electrons. The smallest absolute Gasteiger partial charge is 0.130 e. The lowest BCUT2D eigenvalue weighted by atomic mass is 9.99. The molecule has 0 aliphatic rings. The Bertz CT molecular complexity index is 244. The van der Waals surface area contributed by atoms with Gasteiger partial charge < -0.3 is 4.79 Å². The van der Waals surface area contributed by atoms with Crippen LogP contribution < -0.4 is 0 Å². The lowest BCUT2D eigenvalue weighted by Crippen LogP contribution is -2.24. The molecule has 0 N–H and O–H groups in total. The zero-order valence-electron chi connectivity index (χ0n) is 11.9. The van der Waals surface area contributed by atoms with E-state index in [0.717, 1.165) is 25.3 Å². The Balaban J connectivity index is 3.83. The van der Waals surface area contributed by atoms with Gasteiger partial charge in [-0.05, 0) is 32.6 Å². The molecule has 0 spiro atoms. The van der Waals surface area contributed by atoms with Crippen LogP contribution in [-0.4, -0.2) is 13.9 Å². The number of rotatable bonds is 7. The predicted molar refractivity (Wildman–Crippen MR) is 75.6 cm³/mol. The summed E-state index contributed by atoms with van der Waals surface area (Å²) in [6, 6.07) is 0.847. The first kappa shape index (κ1) is 15.6. The van der Waals surface area contributed by atoms with Gasteiger partial charge in [-0.15, -0.1) is 0 Å². The van der Waals surface area contributed by atoms with Crippen molar-refractivity contribution in [3.63, 3.8) is 0 Å². The SMILES string of the molecule is CC(C)=CCCC(C)CC(=O)C[Si](C)(C)C. The molecule has 0 aromatic heterocycles. The lowest BCUT2D eigenvalue weighted by molar-refractivity contribution is -0.117. The van der Waals surface area contributed by atoms with Gasteiger partial charge in [0.25, 0.3) is 0 Å². The number of carbonyl (C=O) groups is 1. The van der Waals surface area contributed by atoms with E-state index < -0.39 is 8.07 Å². The molecule has 0 aromatic carbocycles. The van der Waals surface area contributed by atoms with E-state index >= 15 is 0 Å². The molecule has 0 saturated carbocycles. The molecule has 0 aliphatic carbocycles. The van der Waals surface area contributed by atoms with E-state index in [-0.39, 0.29) is 0 Å². The summed E-state index contributed by atoms with van der Waals surface area (Å²) in [6.07, 6.45) is 5.30. The van der Waals surface area contributed by atoms with Gasteiger partial charge in [-0.2, -0.15) is 0 Å². The average molecular weight is 240 g/mol. The second kappa shape index (κ2) is 7.05. The molecule has 1 unspecified atom stereocenters. The fraction of sp³-hybridized carbons (Fsp3) is 0.786. The van der Waals surface area contributed by atoms with Crippen molar-refractivity contribution >= 4 is 13.9 Å².